The first kappa shape index (κ1) is 19.5. The summed E-state index contributed by atoms with van der Waals surface area (Å²) in [7, 11) is 0. The summed E-state index contributed by atoms with van der Waals surface area (Å²) in [4.78, 5) is 2.71. The van der Waals surface area contributed by atoms with Gasteiger partial charge in [0.1, 0.15) is 0 Å². The van der Waals surface area contributed by atoms with Crippen LogP contribution in [0.1, 0.15) is 36.4 Å². The number of halogens is 2. The largest absolute Gasteiger partial charge is 0.314 e. The fraction of sp³-hybridized carbons (Fsp3) is 0.500. The van der Waals surface area contributed by atoms with Crippen LogP contribution in [-0.2, 0) is 0 Å². The Balaban J connectivity index is 0.00000104. The van der Waals surface area contributed by atoms with E-state index in [-0.39, 0.29) is 24.8 Å². The lowest BCUT2D eigenvalue weighted by Gasteiger charge is -2.36. The van der Waals surface area contributed by atoms with E-state index in [0.29, 0.717) is 6.04 Å². The Morgan fingerprint density at radius 3 is 2.33 bits per heavy atom. The van der Waals surface area contributed by atoms with Gasteiger partial charge in [-0.2, -0.15) is 0 Å². The average Bonchev–Trinajstić information content (AvgIpc) is 3.39. The van der Waals surface area contributed by atoms with Crippen LogP contribution in [0.4, 0.5) is 0 Å². The van der Waals surface area contributed by atoms with Crippen LogP contribution >= 0.6 is 24.8 Å². The zero-order valence-electron chi connectivity index (χ0n) is 14.3. The first-order valence-electron chi connectivity index (χ1n) is 8.76. The summed E-state index contributed by atoms with van der Waals surface area (Å²) in [6, 6.07) is 14.3. The van der Waals surface area contributed by atoms with Crippen molar-refractivity contribution in [3.63, 3.8) is 0 Å². The highest BCUT2D eigenvalue weighted by atomic mass is 35.5. The molecule has 0 unspecified atom stereocenters. The molecule has 0 amide bonds. The lowest BCUT2D eigenvalue weighted by Crippen LogP contribution is -2.45. The smallest absolute Gasteiger partial charge is 0.0357 e. The van der Waals surface area contributed by atoms with Crippen LogP contribution in [0, 0.1) is 12.8 Å². The van der Waals surface area contributed by atoms with E-state index in [1.807, 2.05) is 0 Å². The van der Waals surface area contributed by atoms with Crippen molar-refractivity contribution in [1.82, 2.24) is 10.2 Å². The summed E-state index contributed by atoms with van der Waals surface area (Å²) in [5, 5.41) is 6.39. The maximum absolute atomic E-state index is 3.49. The number of fused-ring (bicyclic) bond motifs is 1. The van der Waals surface area contributed by atoms with E-state index in [1.165, 1.54) is 48.7 Å². The lowest BCUT2D eigenvalue weighted by atomic mass is 9.92. The monoisotopic (exact) mass is 366 g/mol. The van der Waals surface area contributed by atoms with Crippen LogP contribution in [0.5, 0.6) is 0 Å². The van der Waals surface area contributed by atoms with Gasteiger partial charge in [-0.3, -0.25) is 4.90 Å². The second-order valence-corrected chi connectivity index (χ2v) is 7.00. The van der Waals surface area contributed by atoms with Crippen molar-refractivity contribution in [2.75, 3.05) is 26.2 Å². The Bertz CT molecular complexity index is 664. The predicted octanol–water partition coefficient (Wildman–Crippen LogP) is 4.74. The van der Waals surface area contributed by atoms with Gasteiger partial charge in [-0.25, -0.2) is 0 Å². The van der Waals surface area contributed by atoms with Crippen molar-refractivity contribution in [1.29, 1.82) is 0 Å². The topological polar surface area (TPSA) is 15.3 Å². The summed E-state index contributed by atoms with van der Waals surface area (Å²) in [6.07, 6.45) is 4.21. The maximum atomic E-state index is 3.49. The molecule has 1 saturated carbocycles. The predicted molar refractivity (Wildman–Crippen MR) is 108 cm³/mol. The first-order valence-corrected chi connectivity index (χ1v) is 8.76. The molecule has 2 aromatic carbocycles. The molecule has 2 fully saturated rings. The van der Waals surface area contributed by atoms with Gasteiger partial charge in [0.05, 0.1) is 0 Å². The molecular formula is C20H28Cl2N2. The number of nitrogens with one attached hydrogen (secondary N) is 1. The van der Waals surface area contributed by atoms with E-state index < -0.39 is 0 Å². The molecule has 1 saturated heterocycles. The van der Waals surface area contributed by atoms with Gasteiger partial charge in [-0.05, 0) is 41.2 Å². The summed E-state index contributed by atoms with van der Waals surface area (Å²) in [5.41, 5.74) is 2.94. The van der Waals surface area contributed by atoms with Crippen LogP contribution in [0.15, 0.2) is 36.4 Å². The number of piperazine rings is 1. The summed E-state index contributed by atoms with van der Waals surface area (Å²) in [6.45, 7) is 6.85. The Kier molecular flexibility index (Phi) is 6.94. The number of nitrogens with zero attached hydrogens (tertiary/aromatic N) is 1. The number of aryl methyl sites for hydroxylation is 1. The number of hydrogen-bond acceptors (Lipinski definition) is 2. The van der Waals surface area contributed by atoms with Crippen LogP contribution < -0.4 is 5.32 Å². The molecule has 1 aliphatic heterocycles. The molecule has 24 heavy (non-hydrogen) atoms. The molecule has 0 spiro atoms. The first-order chi connectivity index (χ1) is 10.8. The van der Waals surface area contributed by atoms with Gasteiger partial charge < -0.3 is 5.32 Å². The minimum atomic E-state index is 0. The van der Waals surface area contributed by atoms with Crippen LogP contribution in [0.25, 0.3) is 10.8 Å². The van der Waals surface area contributed by atoms with Crippen LogP contribution in [-0.4, -0.2) is 31.1 Å². The maximum Gasteiger partial charge on any atom is 0.0357 e. The molecule has 2 nitrogen and oxygen atoms in total. The van der Waals surface area contributed by atoms with Crippen molar-refractivity contribution in [3.05, 3.63) is 47.5 Å². The Hall–Kier alpha value is -0.800. The highest BCUT2D eigenvalue weighted by molar-refractivity contribution is 5.89. The molecule has 1 N–H and O–H groups in total. The van der Waals surface area contributed by atoms with Crippen molar-refractivity contribution in [2.45, 2.75) is 32.2 Å². The van der Waals surface area contributed by atoms with Crippen molar-refractivity contribution >= 4 is 35.6 Å². The summed E-state index contributed by atoms with van der Waals surface area (Å²) >= 11 is 0. The zero-order valence-corrected chi connectivity index (χ0v) is 16.0. The average molecular weight is 367 g/mol. The minimum Gasteiger partial charge on any atom is -0.314 e. The molecule has 2 aromatic rings. The molecule has 1 aliphatic carbocycles. The highest BCUT2D eigenvalue weighted by Crippen LogP contribution is 2.42. The minimum absolute atomic E-state index is 0. The Morgan fingerprint density at radius 2 is 1.67 bits per heavy atom. The molecule has 4 rings (SSSR count). The third-order valence-electron chi connectivity index (χ3n) is 5.38. The molecular weight excluding hydrogens is 339 g/mol. The van der Waals surface area contributed by atoms with E-state index in [2.05, 4.69) is 53.5 Å². The number of rotatable bonds is 4. The SMILES string of the molecule is Cc1ccc([C@@H](CC2CC2)N2CCNCC2)c2ccccc12.Cl.Cl. The second kappa shape index (κ2) is 8.53. The van der Waals surface area contributed by atoms with E-state index in [0.717, 1.165) is 19.0 Å². The standard InChI is InChI=1S/C20H26N2.2ClH/c1-15-6-9-19(18-5-3-2-4-17(15)18)20(14-16-7-8-16)22-12-10-21-11-13-22;;/h2-6,9,16,20-21H,7-8,10-14H2,1H3;2*1H/t20-;;/m1../s1. The number of benzene rings is 2. The van der Waals surface area contributed by atoms with E-state index in [9.17, 15) is 0 Å². The molecule has 1 heterocycles. The Morgan fingerprint density at radius 1 is 1.00 bits per heavy atom. The van der Waals surface area contributed by atoms with E-state index in [4.69, 9.17) is 0 Å². The quantitative estimate of drug-likeness (QED) is 0.840. The van der Waals surface area contributed by atoms with Gasteiger partial charge in [-0.15, -0.1) is 24.8 Å². The van der Waals surface area contributed by atoms with Crippen LogP contribution in [0.3, 0.4) is 0 Å². The molecule has 132 valence electrons. The third kappa shape index (κ3) is 4.05. The van der Waals surface area contributed by atoms with Crippen molar-refractivity contribution < 1.29 is 0 Å². The molecule has 0 radical (unpaired) electrons. The van der Waals surface area contributed by atoms with Gasteiger partial charge in [0.15, 0.2) is 0 Å². The summed E-state index contributed by atoms with van der Waals surface area (Å²) in [5.74, 6) is 0.958. The third-order valence-corrected chi connectivity index (χ3v) is 5.38. The highest BCUT2D eigenvalue weighted by Gasteiger charge is 2.31. The fourth-order valence-corrected chi connectivity index (χ4v) is 3.90. The van der Waals surface area contributed by atoms with Gasteiger partial charge >= 0.3 is 0 Å². The molecule has 0 aromatic heterocycles. The second-order valence-electron chi connectivity index (χ2n) is 7.00. The fourth-order valence-electron chi connectivity index (χ4n) is 3.90. The zero-order chi connectivity index (χ0) is 14.9. The molecule has 2 aliphatic rings. The van der Waals surface area contributed by atoms with E-state index >= 15 is 0 Å². The molecule has 1 atom stereocenters. The molecule has 0 bridgehead atoms. The normalized spacial score (nSPS) is 19.4. The van der Waals surface area contributed by atoms with Gasteiger partial charge in [0.25, 0.3) is 0 Å². The number of hydrogen-bond donors (Lipinski definition) is 1. The van der Waals surface area contributed by atoms with Gasteiger partial charge in [-0.1, -0.05) is 49.2 Å². The van der Waals surface area contributed by atoms with Crippen molar-refractivity contribution in [3.8, 4) is 0 Å². The van der Waals surface area contributed by atoms with Gasteiger partial charge in [0, 0.05) is 32.2 Å². The van der Waals surface area contributed by atoms with Gasteiger partial charge in [0.2, 0.25) is 0 Å². The summed E-state index contributed by atoms with van der Waals surface area (Å²) < 4.78 is 0. The van der Waals surface area contributed by atoms with Crippen LogP contribution in [0.2, 0.25) is 0 Å². The van der Waals surface area contributed by atoms with Crippen molar-refractivity contribution in [2.24, 2.45) is 5.92 Å². The molecule has 4 heteroatoms. The van der Waals surface area contributed by atoms with E-state index in [1.54, 1.807) is 5.56 Å². The lowest BCUT2D eigenvalue weighted by molar-refractivity contribution is 0.161. The Labute approximate surface area is 157 Å².